The average molecular weight is 252 g/mol. The van der Waals surface area contributed by atoms with E-state index in [1.165, 1.54) is 7.11 Å². The molecule has 0 saturated heterocycles. The van der Waals surface area contributed by atoms with Crippen LogP contribution in [-0.2, 0) is 9.53 Å². The van der Waals surface area contributed by atoms with Gasteiger partial charge in [0.05, 0.1) is 6.61 Å². The summed E-state index contributed by atoms with van der Waals surface area (Å²) in [5, 5.41) is 14.0. The van der Waals surface area contributed by atoms with Crippen LogP contribution >= 0.6 is 0 Å². The van der Waals surface area contributed by atoms with E-state index in [-0.39, 0.29) is 0 Å². The van der Waals surface area contributed by atoms with E-state index in [1.54, 1.807) is 30.3 Å². The minimum Gasteiger partial charge on any atom is -0.479 e. The quantitative estimate of drug-likeness (QED) is 0.652. The van der Waals surface area contributed by atoms with E-state index in [0.717, 1.165) is 0 Å². The van der Waals surface area contributed by atoms with Crippen LogP contribution in [0.2, 0.25) is 0 Å². The van der Waals surface area contributed by atoms with Crippen LogP contribution in [0.15, 0.2) is 30.3 Å². The molecular weight excluding hydrogens is 236 g/mol. The molecule has 3 N–H and O–H groups in total. The number of amides is 2. The smallest absolute Gasteiger partial charge is 0.330 e. The molecule has 1 atom stereocenters. The lowest BCUT2D eigenvalue weighted by atomic mass is 10.1. The Morgan fingerprint density at radius 2 is 2.00 bits per heavy atom. The zero-order valence-corrected chi connectivity index (χ0v) is 10.1. The van der Waals surface area contributed by atoms with Crippen molar-refractivity contribution in [1.29, 1.82) is 0 Å². The van der Waals surface area contributed by atoms with E-state index >= 15 is 0 Å². The molecule has 0 spiro atoms. The third-order valence-electron chi connectivity index (χ3n) is 2.25. The lowest BCUT2D eigenvalue weighted by Gasteiger charge is -2.15. The number of ether oxygens (including phenoxy) is 1. The van der Waals surface area contributed by atoms with E-state index in [1.807, 2.05) is 0 Å². The number of urea groups is 1. The maximum Gasteiger partial charge on any atom is 0.330 e. The molecule has 6 nitrogen and oxygen atoms in total. The molecule has 1 aromatic rings. The van der Waals surface area contributed by atoms with Crippen molar-refractivity contribution in [3.63, 3.8) is 0 Å². The summed E-state index contributed by atoms with van der Waals surface area (Å²) in [6.07, 6.45) is 0. The first kappa shape index (κ1) is 14.0. The minimum atomic E-state index is -1.11. The van der Waals surface area contributed by atoms with Crippen molar-refractivity contribution in [2.45, 2.75) is 6.04 Å². The first-order valence-electron chi connectivity index (χ1n) is 5.46. The van der Waals surface area contributed by atoms with Gasteiger partial charge in [-0.2, -0.15) is 0 Å². The van der Waals surface area contributed by atoms with Gasteiger partial charge in [-0.3, -0.25) is 0 Å². The summed E-state index contributed by atoms with van der Waals surface area (Å²) in [7, 11) is 1.52. The molecule has 0 radical (unpaired) electrons. The summed E-state index contributed by atoms with van der Waals surface area (Å²) < 4.78 is 4.77. The molecule has 0 heterocycles. The lowest BCUT2D eigenvalue weighted by molar-refractivity contribution is -0.139. The Hall–Kier alpha value is -2.08. The maximum absolute atomic E-state index is 11.5. The number of nitrogens with one attached hydrogen (secondary N) is 2. The van der Waals surface area contributed by atoms with Gasteiger partial charge in [0.25, 0.3) is 0 Å². The van der Waals surface area contributed by atoms with Crippen LogP contribution in [0.5, 0.6) is 0 Å². The Labute approximate surface area is 105 Å². The van der Waals surface area contributed by atoms with Crippen molar-refractivity contribution < 1.29 is 19.4 Å². The van der Waals surface area contributed by atoms with Gasteiger partial charge in [0.2, 0.25) is 0 Å². The number of carboxylic acids is 1. The molecule has 0 aliphatic rings. The molecule has 1 aromatic carbocycles. The second-order valence-corrected chi connectivity index (χ2v) is 3.57. The average Bonchev–Trinajstić information content (AvgIpc) is 2.37. The number of hydrogen-bond acceptors (Lipinski definition) is 3. The molecule has 0 fully saturated rings. The predicted octanol–water partition coefficient (Wildman–Crippen LogP) is 0.758. The summed E-state index contributed by atoms with van der Waals surface area (Å²) in [5.41, 5.74) is 0.520. The van der Waals surface area contributed by atoms with E-state index in [2.05, 4.69) is 10.6 Å². The van der Waals surface area contributed by atoms with Crippen molar-refractivity contribution in [3.8, 4) is 0 Å². The third kappa shape index (κ3) is 4.42. The summed E-state index contributed by atoms with van der Waals surface area (Å²) in [6, 6.07) is 6.91. The summed E-state index contributed by atoms with van der Waals surface area (Å²) >= 11 is 0. The van der Waals surface area contributed by atoms with E-state index < -0.39 is 18.0 Å². The first-order valence-corrected chi connectivity index (χ1v) is 5.46. The number of methoxy groups -OCH3 is 1. The van der Waals surface area contributed by atoms with E-state index in [4.69, 9.17) is 9.84 Å². The van der Waals surface area contributed by atoms with Crippen molar-refractivity contribution in [3.05, 3.63) is 35.9 Å². The molecule has 18 heavy (non-hydrogen) atoms. The third-order valence-corrected chi connectivity index (χ3v) is 2.25. The van der Waals surface area contributed by atoms with Gasteiger partial charge in [0.1, 0.15) is 0 Å². The van der Waals surface area contributed by atoms with Crippen molar-refractivity contribution in [1.82, 2.24) is 10.6 Å². The number of aliphatic carboxylic acids is 1. The summed E-state index contributed by atoms with van der Waals surface area (Å²) in [5.74, 6) is -1.11. The van der Waals surface area contributed by atoms with Crippen LogP contribution in [0, 0.1) is 0 Å². The standard InChI is InChI=1S/C12H16N2O4/c1-18-8-7-13-12(17)14-10(11(15)16)9-5-3-2-4-6-9/h2-6,10H,7-8H2,1H3,(H,15,16)(H2,13,14,17)/t10-/m0/s1. The second-order valence-electron chi connectivity index (χ2n) is 3.57. The molecule has 0 aliphatic heterocycles. The topological polar surface area (TPSA) is 87.7 Å². The molecule has 0 saturated carbocycles. The maximum atomic E-state index is 11.5. The number of rotatable bonds is 6. The van der Waals surface area contributed by atoms with Crippen molar-refractivity contribution in [2.75, 3.05) is 20.3 Å². The fraction of sp³-hybridized carbons (Fsp3) is 0.333. The molecule has 0 unspecified atom stereocenters. The zero-order chi connectivity index (χ0) is 13.4. The fourth-order valence-electron chi connectivity index (χ4n) is 1.38. The molecule has 2 amide bonds. The number of carboxylic acid groups (broad SMARTS) is 1. The molecule has 98 valence electrons. The normalized spacial score (nSPS) is 11.6. The van der Waals surface area contributed by atoms with Crippen LogP contribution in [-0.4, -0.2) is 37.4 Å². The minimum absolute atomic E-state index is 0.323. The number of carbonyl (C=O) groups is 2. The van der Waals surface area contributed by atoms with Gasteiger partial charge < -0.3 is 20.5 Å². The Morgan fingerprint density at radius 1 is 1.33 bits per heavy atom. The summed E-state index contributed by atoms with van der Waals surface area (Å²) in [4.78, 5) is 22.6. The largest absolute Gasteiger partial charge is 0.479 e. The van der Waals surface area contributed by atoms with Crippen LogP contribution in [0.4, 0.5) is 4.79 Å². The van der Waals surface area contributed by atoms with Gasteiger partial charge in [-0.05, 0) is 5.56 Å². The van der Waals surface area contributed by atoms with Crippen LogP contribution in [0.3, 0.4) is 0 Å². The van der Waals surface area contributed by atoms with E-state index in [0.29, 0.717) is 18.7 Å². The van der Waals surface area contributed by atoms with Gasteiger partial charge in [-0.15, -0.1) is 0 Å². The highest BCUT2D eigenvalue weighted by Gasteiger charge is 2.21. The SMILES string of the molecule is COCCNC(=O)N[C@H](C(=O)O)c1ccccc1. The van der Waals surface area contributed by atoms with Crippen LogP contribution in [0.25, 0.3) is 0 Å². The Bertz CT molecular complexity index is 394. The Kier molecular flexibility index (Phi) is 5.66. The number of benzene rings is 1. The number of carbonyl (C=O) groups excluding carboxylic acids is 1. The molecule has 6 heteroatoms. The predicted molar refractivity (Wildman–Crippen MR) is 65.2 cm³/mol. The zero-order valence-electron chi connectivity index (χ0n) is 10.1. The Morgan fingerprint density at radius 3 is 2.56 bits per heavy atom. The highest BCUT2D eigenvalue weighted by atomic mass is 16.5. The van der Waals surface area contributed by atoms with Gasteiger partial charge in [0.15, 0.2) is 6.04 Å². The Balaban J connectivity index is 2.59. The van der Waals surface area contributed by atoms with Gasteiger partial charge >= 0.3 is 12.0 Å². The summed E-state index contributed by atoms with van der Waals surface area (Å²) in [6.45, 7) is 0.694. The van der Waals surface area contributed by atoms with Crippen LogP contribution < -0.4 is 10.6 Å². The van der Waals surface area contributed by atoms with E-state index in [9.17, 15) is 9.59 Å². The van der Waals surface area contributed by atoms with Gasteiger partial charge in [-0.25, -0.2) is 9.59 Å². The molecule has 0 aromatic heterocycles. The lowest BCUT2D eigenvalue weighted by Crippen LogP contribution is -2.41. The molecular formula is C12H16N2O4. The van der Waals surface area contributed by atoms with Crippen molar-refractivity contribution >= 4 is 12.0 Å². The van der Waals surface area contributed by atoms with Crippen molar-refractivity contribution in [2.24, 2.45) is 0 Å². The monoisotopic (exact) mass is 252 g/mol. The van der Waals surface area contributed by atoms with Crippen LogP contribution in [0.1, 0.15) is 11.6 Å². The molecule has 0 bridgehead atoms. The molecule has 1 rings (SSSR count). The highest BCUT2D eigenvalue weighted by molar-refractivity contribution is 5.83. The highest BCUT2D eigenvalue weighted by Crippen LogP contribution is 2.12. The fourth-order valence-corrected chi connectivity index (χ4v) is 1.38. The van der Waals surface area contributed by atoms with Gasteiger partial charge in [-0.1, -0.05) is 30.3 Å². The molecule has 0 aliphatic carbocycles. The number of hydrogen-bond donors (Lipinski definition) is 3. The van der Waals surface area contributed by atoms with Gasteiger partial charge in [0, 0.05) is 13.7 Å². The first-order chi connectivity index (χ1) is 8.65. The second kappa shape index (κ2) is 7.29.